The van der Waals surface area contributed by atoms with E-state index < -0.39 is 37.9 Å². The molecule has 78 valence electrons. The Balaban J connectivity index is 4.48. The van der Waals surface area contributed by atoms with Gasteiger partial charge in [0.25, 0.3) is 0 Å². The van der Waals surface area contributed by atoms with Gasteiger partial charge in [0.1, 0.15) is 0 Å². The lowest BCUT2D eigenvalue weighted by Gasteiger charge is -2.05. The first kappa shape index (κ1) is 12.5. The molecule has 0 aliphatic rings. The van der Waals surface area contributed by atoms with Crippen LogP contribution in [0.3, 0.4) is 0 Å². The van der Waals surface area contributed by atoms with Crippen LogP contribution in [0, 0.1) is 5.92 Å². The van der Waals surface area contributed by atoms with Crippen molar-refractivity contribution in [1.82, 2.24) is 0 Å². The van der Waals surface area contributed by atoms with Crippen molar-refractivity contribution in [2.24, 2.45) is 5.92 Å². The zero-order chi connectivity index (χ0) is 10.7. The van der Waals surface area contributed by atoms with Crippen molar-refractivity contribution in [3.63, 3.8) is 0 Å². The topological polar surface area (TPSA) is 68.3 Å². The van der Waals surface area contributed by atoms with Gasteiger partial charge in [-0.15, -0.1) is 14.4 Å². The molecule has 0 fully saturated rings. The van der Waals surface area contributed by atoms with E-state index in [1.54, 1.807) is 0 Å². The molecule has 13 heavy (non-hydrogen) atoms. The van der Waals surface area contributed by atoms with E-state index in [-0.39, 0.29) is 0 Å². The highest BCUT2D eigenvalue weighted by Crippen LogP contribution is 2.09. The Bertz CT molecular complexity index is 335. The molecule has 8 heteroatoms. The Morgan fingerprint density at radius 2 is 1.38 bits per heavy atom. The fourth-order valence-electron chi connectivity index (χ4n) is 0.696. The van der Waals surface area contributed by atoms with Gasteiger partial charge in [-0.2, -0.15) is 16.8 Å². The van der Waals surface area contributed by atoms with E-state index in [0.717, 1.165) is 6.08 Å². The predicted molar refractivity (Wildman–Crippen MR) is 43.5 cm³/mol. The van der Waals surface area contributed by atoms with Crippen LogP contribution in [0.4, 0.5) is 7.77 Å². The second-order valence-electron chi connectivity index (χ2n) is 2.41. The van der Waals surface area contributed by atoms with Crippen LogP contribution < -0.4 is 0 Å². The third-order valence-corrected chi connectivity index (χ3v) is 2.81. The quantitative estimate of drug-likeness (QED) is 0.509. The van der Waals surface area contributed by atoms with Crippen LogP contribution in [-0.4, -0.2) is 28.3 Å². The molecule has 0 aliphatic carbocycles. The summed E-state index contributed by atoms with van der Waals surface area (Å²) in [7, 11) is -9.62. The van der Waals surface area contributed by atoms with E-state index in [2.05, 4.69) is 6.58 Å². The van der Waals surface area contributed by atoms with E-state index in [4.69, 9.17) is 0 Å². The Morgan fingerprint density at radius 3 is 1.54 bits per heavy atom. The molecule has 0 spiro atoms. The molecule has 0 aromatic carbocycles. The molecular formula is C5H8F2O4S2. The van der Waals surface area contributed by atoms with Gasteiger partial charge in [0.05, 0.1) is 11.5 Å². The van der Waals surface area contributed by atoms with Gasteiger partial charge >= 0.3 is 20.4 Å². The minimum Gasteiger partial charge on any atom is -0.195 e. The summed E-state index contributed by atoms with van der Waals surface area (Å²) in [5, 5.41) is 0. The van der Waals surface area contributed by atoms with Gasteiger partial charge < -0.3 is 0 Å². The van der Waals surface area contributed by atoms with Gasteiger partial charge in [-0.05, 0) is 0 Å². The number of halogens is 2. The van der Waals surface area contributed by atoms with Gasteiger partial charge in [0, 0.05) is 5.92 Å². The Labute approximate surface area is 75.7 Å². The standard InChI is InChI=1S/C5H8F2O4S2/c1-2-5(3-12(6,8)9)4-13(7,10)11/h2,5H,1,3-4H2. The van der Waals surface area contributed by atoms with Crippen LogP contribution in [0.25, 0.3) is 0 Å². The monoisotopic (exact) mass is 234 g/mol. The molecule has 0 rings (SSSR count). The molecule has 0 saturated heterocycles. The van der Waals surface area contributed by atoms with Gasteiger partial charge in [0.2, 0.25) is 0 Å². The minimum absolute atomic E-state index is 0.883. The Morgan fingerprint density at radius 1 is 1.08 bits per heavy atom. The molecule has 0 aromatic heterocycles. The lowest BCUT2D eigenvalue weighted by molar-refractivity contribution is 0.534. The highest BCUT2D eigenvalue weighted by molar-refractivity contribution is 7.87. The third kappa shape index (κ3) is 7.85. The van der Waals surface area contributed by atoms with Crippen LogP contribution in [0.1, 0.15) is 0 Å². The van der Waals surface area contributed by atoms with Gasteiger partial charge in [-0.25, -0.2) is 0 Å². The third-order valence-electron chi connectivity index (χ3n) is 1.16. The first-order valence-electron chi connectivity index (χ1n) is 3.11. The lowest BCUT2D eigenvalue weighted by Crippen LogP contribution is -2.18. The van der Waals surface area contributed by atoms with Crippen molar-refractivity contribution in [2.75, 3.05) is 11.5 Å². The second kappa shape index (κ2) is 4.14. The van der Waals surface area contributed by atoms with Gasteiger partial charge in [-0.3, -0.25) is 0 Å². The maximum atomic E-state index is 12.0. The summed E-state index contributed by atoms with van der Waals surface area (Å²) >= 11 is 0. The zero-order valence-electron chi connectivity index (χ0n) is 6.48. The summed E-state index contributed by atoms with van der Waals surface area (Å²) in [5.74, 6) is -3.40. The van der Waals surface area contributed by atoms with Crippen molar-refractivity contribution >= 4 is 20.4 Å². The highest BCUT2D eigenvalue weighted by atomic mass is 32.3. The molecule has 0 aliphatic heterocycles. The number of allylic oxidation sites excluding steroid dienone is 1. The second-order valence-corrected chi connectivity index (χ2v) is 5.23. The van der Waals surface area contributed by atoms with Crippen LogP contribution in [0.2, 0.25) is 0 Å². The largest absolute Gasteiger partial charge is 0.303 e. The van der Waals surface area contributed by atoms with Crippen LogP contribution in [0.5, 0.6) is 0 Å². The van der Waals surface area contributed by atoms with Crippen molar-refractivity contribution < 1.29 is 24.6 Å². The van der Waals surface area contributed by atoms with Gasteiger partial charge in [-0.1, -0.05) is 6.08 Å². The maximum Gasteiger partial charge on any atom is 0.303 e. The summed E-state index contributed by atoms with van der Waals surface area (Å²) in [4.78, 5) is 0. The minimum atomic E-state index is -4.81. The average molecular weight is 234 g/mol. The van der Waals surface area contributed by atoms with Crippen molar-refractivity contribution in [3.05, 3.63) is 12.7 Å². The van der Waals surface area contributed by atoms with Crippen molar-refractivity contribution in [1.29, 1.82) is 0 Å². The number of rotatable bonds is 5. The Kier molecular flexibility index (Phi) is 3.98. The summed E-state index contributed by atoms with van der Waals surface area (Å²) < 4.78 is 64.2. The van der Waals surface area contributed by atoms with Crippen molar-refractivity contribution in [3.8, 4) is 0 Å². The van der Waals surface area contributed by atoms with E-state index in [9.17, 15) is 24.6 Å². The van der Waals surface area contributed by atoms with Crippen LogP contribution in [-0.2, 0) is 20.4 Å². The molecule has 0 atom stereocenters. The zero-order valence-corrected chi connectivity index (χ0v) is 8.11. The predicted octanol–water partition coefficient (Wildman–Crippen LogP) is 0.387. The molecule has 0 bridgehead atoms. The van der Waals surface area contributed by atoms with Crippen molar-refractivity contribution in [2.45, 2.75) is 0 Å². The average Bonchev–Trinajstić information content (AvgIpc) is 1.79. The first-order chi connectivity index (χ1) is 5.64. The van der Waals surface area contributed by atoms with E-state index >= 15 is 0 Å². The molecule has 0 amide bonds. The molecule has 0 aromatic rings. The lowest BCUT2D eigenvalue weighted by atomic mass is 10.2. The molecule has 0 unspecified atom stereocenters. The Hall–Kier alpha value is -0.500. The SMILES string of the molecule is C=CC(CS(=O)(=O)F)CS(=O)(=O)F. The molecule has 0 N–H and O–H groups in total. The fourth-order valence-corrected chi connectivity index (χ4v) is 2.38. The summed E-state index contributed by atoms with van der Waals surface area (Å²) in [6, 6.07) is 0. The highest BCUT2D eigenvalue weighted by Gasteiger charge is 2.21. The fraction of sp³-hybridized carbons (Fsp3) is 0.600. The van der Waals surface area contributed by atoms with Crippen LogP contribution in [0.15, 0.2) is 12.7 Å². The van der Waals surface area contributed by atoms with E-state index in [0.29, 0.717) is 0 Å². The normalized spacial score (nSPS) is 13.2. The van der Waals surface area contributed by atoms with E-state index in [1.807, 2.05) is 0 Å². The molecular weight excluding hydrogens is 226 g/mol. The van der Waals surface area contributed by atoms with E-state index in [1.165, 1.54) is 0 Å². The summed E-state index contributed by atoms with van der Waals surface area (Å²) in [6.07, 6.45) is 0.883. The first-order valence-corrected chi connectivity index (χ1v) is 6.22. The summed E-state index contributed by atoms with van der Waals surface area (Å²) in [5.41, 5.74) is 0. The molecule has 0 saturated carbocycles. The summed E-state index contributed by atoms with van der Waals surface area (Å²) in [6.45, 7) is 3.07. The smallest absolute Gasteiger partial charge is 0.195 e. The number of hydrogen-bond acceptors (Lipinski definition) is 4. The van der Waals surface area contributed by atoms with Gasteiger partial charge in [0.15, 0.2) is 0 Å². The number of hydrogen-bond donors (Lipinski definition) is 0. The van der Waals surface area contributed by atoms with Crippen LogP contribution >= 0.6 is 0 Å². The molecule has 0 heterocycles. The molecule has 4 nitrogen and oxygen atoms in total. The molecule has 0 radical (unpaired) electrons. The maximum absolute atomic E-state index is 12.0.